The van der Waals surface area contributed by atoms with Crippen LogP contribution in [-0.4, -0.2) is 10.8 Å². The lowest BCUT2D eigenvalue weighted by Crippen LogP contribution is -2.10. The van der Waals surface area contributed by atoms with Crippen molar-refractivity contribution in [1.29, 1.82) is 0 Å². The summed E-state index contributed by atoms with van der Waals surface area (Å²) in [5, 5.41) is 0. The van der Waals surface area contributed by atoms with E-state index in [0.29, 0.717) is 18.6 Å². The summed E-state index contributed by atoms with van der Waals surface area (Å²) >= 11 is 0. The van der Waals surface area contributed by atoms with Gasteiger partial charge in [0.05, 0.1) is 5.56 Å². The van der Waals surface area contributed by atoms with E-state index in [1.807, 2.05) is 0 Å². The lowest BCUT2D eigenvalue weighted by atomic mass is 10.0. The van der Waals surface area contributed by atoms with Crippen molar-refractivity contribution in [2.75, 3.05) is 0 Å². The zero-order valence-electron chi connectivity index (χ0n) is 10.8. The van der Waals surface area contributed by atoms with Gasteiger partial charge >= 0.3 is 6.18 Å². The number of carbonyl (C=O) groups is 1. The molecular formula is C15H11F4NO. The minimum Gasteiger partial charge on any atom is -0.294 e. The highest BCUT2D eigenvalue weighted by Gasteiger charge is 2.34. The van der Waals surface area contributed by atoms with Gasteiger partial charge in [0.2, 0.25) is 0 Å². The van der Waals surface area contributed by atoms with Crippen LogP contribution in [0.1, 0.15) is 27.9 Å². The number of hydrogen-bond donors (Lipinski definition) is 0. The van der Waals surface area contributed by atoms with Crippen LogP contribution in [0, 0.1) is 5.82 Å². The summed E-state index contributed by atoms with van der Waals surface area (Å²) in [6, 6.07) is 5.70. The van der Waals surface area contributed by atoms with Gasteiger partial charge in [0, 0.05) is 24.4 Å². The Morgan fingerprint density at radius 1 is 1.10 bits per heavy atom. The van der Waals surface area contributed by atoms with Gasteiger partial charge in [0.25, 0.3) is 0 Å². The fraction of sp³-hybridized carbons (Fsp3) is 0.200. The fourth-order valence-electron chi connectivity index (χ4n) is 1.87. The molecule has 0 unspecified atom stereocenters. The van der Waals surface area contributed by atoms with E-state index in [9.17, 15) is 22.4 Å². The van der Waals surface area contributed by atoms with Crippen molar-refractivity contribution in [3.05, 3.63) is 65.2 Å². The molecule has 0 aliphatic heterocycles. The van der Waals surface area contributed by atoms with E-state index in [2.05, 4.69) is 4.98 Å². The van der Waals surface area contributed by atoms with Crippen LogP contribution >= 0.6 is 0 Å². The van der Waals surface area contributed by atoms with Crippen molar-refractivity contribution in [2.24, 2.45) is 0 Å². The first-order valence-corrected chi connectivity index (χ1v) is 6.17. The molecule has 2 aromatic rings. The molecule has 0 atom stereocenters. The fourth-order valence-corrected chi connectivity index (χ4v) is 1.87. The van der Waals surface area contributed by atoms with E-state index in [1.165, 1.54) is 0 Å². The third-order valence-corrected chi connectivity index (χ3v) is 2.99. The van der Waals surface area contributed by atoms with Crippen molar-refractivity contribution in [3.63, 3.8) is 0 Å². The summed E-state index contributed by atoms with van der Waals surface area (Å²) < 4.78 is 50.6. The van der Waals surface area contributed by atoms with E-state index in [-0.39, 0.29) is 12.0 Å². The minimum absolute atomic E-state index is 0.0606. The molecule has 0 amide bonds. The second-order valence-electron chi connectivity index (χ2n) is 4.47. The van der Waals surface area contributed by atoms with E-state index < -0.39 is 23.3 Å². The zero-order chi connectivity index (χ0) is 15.5. The van der Waals surface area contributed by atoms with E-state index in [4.69, 9.17) is 0 Å². The van der Waals surface area contributed by atoms with Gasteiger partial charge in [-0.25, -0.2) is 4.39 Å². The van der Waals surface area contributed by atoms with Gasteiger partial charge in [0.1, 0.15) is 5.82 Å². The van der Waals surface area contributed by atoms with Crippen LogP contribution in [0.4, 0.5) is 17.6 Å². The number of benzene rings is 1. The van der Waals surface area contributed by atoms with Crippen LogP contribution in [0.5, 0.6) is 0 Å². The first kappa shape index (κ1) is 15.2. The summed E-state index contributed by atoms with van der Waals surface area (Å²) in [6.07, 6.45) is -1.09. The van der Waals surface area contributed by atoms with Gasteiger partial charge in [-0.05, 0) is 36.2 Å². The van der Waals surface area contributed by atoms with Gasteiger partial charge in [-0.3, -0.25) is 9.78 Å². The lowest BCUT2D eigenvalue weighted by molar-refractivity contribution is -0.140. The summed E-state index contributed by atoms with van der Waals surface area (Å²) in [7, 11) is 0. The molecule has 2 rings (SSSR count). The number of Topliss-reactive ketones (excluding diaryl/α,β-unsaturated/α-hetero) is 1. The Morgan fingerprint density at radius 3 is 2.33 bits per heavy atom. The summed E-state index contributed by atoms with van der Waals surface area (Å²) in [6.45, 7) is 0. The van der Waals surface area contributed by atoms with Crippen LogP contribution in [0.2, 0.25) is 0 Å². The molecule has 1 aromatic carbocycles. The SMILES string of the molecule is O=C(CCc1ccncc1)c1ccc(C(F)(F)F)c(F)c1. The Morgan fingerprint density at radius 2 is 1.76 bits per heavy atom. The number of rotatable bonds is 4. The minimum atomic E-state index is -4.76. The maximum atomic E-state index is 13.4. The van der Waals surface area contributed by atoms with E-state index in [1.54, 1.807) is 24.5 Å². The molecule has 0 spiro atoms. The number of carbonyl (C=O) groups excluding carboxylic acids is 1. The number of hydrogen-bond acceptors (Lipinski definition) is 2. The number of pyridine rings is 1. The molecule has 0 bridgehead atoms. The topological polar surface area (TPSA) is 30.0 Å². The van der Waals surface area contributed by atoms with Gasteiger partial charge in [-0.1, -0.05) is 6.07 Å². The summed E-state index contributed by atoms with van der Waals surface area (Å²) in [5.41, 5.74) is -0.548. The van der Waals surface area contributed by atoms with Crippen molar-refractivity contribution in [2.45, 2.75) is 19.0 Å². The maximum absolute atomic E-state index is 13.4. The Bertz CT molecular complexity index is 638. The molecular weight excluding hydrogens is 286 g/mol. The predicted octanol–water partition coefficient (Wildman–Crippen LogP) is 4.06. The van der Waals surface area contributed by atoms with Crippen molar-refractivity contribution in [1.82, 2.24) is 4.98 Å². The van der Waals surface area contributed by atoms with Gasteiger partial charge in [0.15, 0.2) is 5.78 Å². The average Bonchev–Trinajstić information content (AvgIpc) is 2.44. The number of aryl methyl sites for hydroxylation is 1. The first-order chi connectivity index (χ1) is 9.88. The number of halogens is 4. The second-order valence-corrected chi connectivity index (χ2v) is 4.47. The van der Waals surface area contributed by atoms with Crippen LogP contribution in [0.3, 0.4) is 0 Å². The molecule has 110 valence electrons. The molecule has 0 radical (unpaired) electrons. The van der Waals surface area contributed by atoms with Crippen LogP contribution in [0.25, 0.3) is 0 Å². The first-order valence-electron chi connectivity index (χ1n) is 6.17. The Labute approximate surface area is 118 Å². The number of aromatic nitrogens is 1. The predicted molar refractivity (Wildman–Crippen MR) is 68.3 cm³/mol. The summed E-state index contributed by atoms with van der Waals surface area (Å²) in [4.78, 5) is 15.7. The maximum Gasteiger partial charge on any atom is 0.419 e. The molecule has 1 heterocycles. The van der Waals surface area contributed by atoms with Gasteiger partial charge in [-0.15, -0.1) is 0 Å². The monoisotopic (exact) mass is 297 g/mol. The molecule has 1 aromatic heterocycles. The van der Waals surface area contributed by atoms with E-state index >= 15 is 0 Å². The zero-order valence-corrected chi connectivity index (χ0v) is 10.8. The molecule has 0 aliphatic rings. The average molecular weight is 297 g/mol. The van der Waals surface area contributed by atoms with Crippen LogP contribution < -0.4 is 0 Å². The van der Waals surface area contributed by atoms with Crippen molar-refractivity contribution in [3.8, 4) is 0 Å². The quantitative estimate of drug-likeness (QED) is 0.629. The largest absolute Gasteiger partial charge is 0.419 e. The molecule has 0 saturated heterocycles. The highest BCUT2D eigenvalue weighted by atomic mass is 19.4. The normalized spacial score (nSPS) is 11.4. The third-order valence-electron chi connectivity index (χ3n) is 2.99. The molecule has 0 aliphatic carbocycles. The Kier molecular flexibility index (Phi) is 4.35. The lowest BCUT2D eigenvalue weighted by Gasteiger charge is -2.09. The molecule has 0 N–H and O–H groups in total. The van der Waals surface area contributed by atoms with Crippen LogP contribution in [0.15, 0.2) is 42.7 Å². The van der Waals surface area contributed by atoms with Crippen molar-refractivity contribution >= 4 is 5.78 Å². The third kappa shape index (κ3) is 3.87. The van der Waals surface area contributed by atoms with Gasteiger partial charge in [-0.2, -0.15) is 13.2 Å². The Hall–Kier alpha value is -2.24. The van der Waals surface area contributed by atoms with E-state index in [0.717, 1.165) is 11.6 Å². The summed E-state index contributed by atoms with van der Waals surface area (Å²) in [5.74, 6) is -1.84. The molecule has 2 nitrogen and oxygen atoms in total. The smallest absolute Gasteiger partial charge is 0.294 e. The Balaban J connectivity index is 2.08. The number of alkyl halides is 3. The molecule has 0 saturated carbocycles. The van der Waals surface area contributed by atoms with Crippen molar-refractivity contribution < 1.29 is 22.4 Å². The van der Waals surface area contributed by atoms with Gasteiger partial charge < -0.3 is 0 Å². The standard InChI is InChI=1S/C15H11F4NO/c16-13-9-11(2-3-12(13)15(17,18)19)14(21)4-1-10-5-7-20-8-6-10/h2-3,5-9H,1,4H2. The molecule has 0 fully saturated rings. The van der Waals surface area contributed by atoms with Crippen LogP contribution in [-0.2, 0) is 12.6 Å². The number of nitrogens with zero attached hydrogens (tertiary/aromatic N) is 1. The molecule has 21 heavy (non-hydrogen) atoms. The second kappa shape index (κ2) is 6.03. The highest BCUT2D eigenvalue weighted by molar-refractivity contribution is 5.96. The number of ketones is 1. The highest BCUT2D eigenvalue weighted by Crippen LogP contribution is 2.31. The molecule has 6 heteroatoms.